The van der Waals surface area contributed by atoms with Crippen LogP contribution in [0.4, 0.5) is 11.6 Å². The molecule has 112 valence electrons. The van der Waals surface area contributed by atoms with Crippen molar-refractivity contribution in [3.8, 4) is 0 Å². The molecule has 1 N–H and O–H groups in total. The van der Waals surface area contributed by atoms with Gasteiger partial charge in [-0.05, 0) is 36.0 Å². The van der Waals surface area contributed by atoms with Crippen LogP contribution in [0.5, 0.6) is 0 Å². The quantitative estimate of drug-likeness (QED) is 0.902. The van der Waals surface area contributed by atoms with Crippen LogP contribution in [0.15, 0.2) is 4.63 Å². The van der Waals surface area contributed by atoms with Gasteiger partial charge in [-0.3, -0.25) is 0 Å². The normalized spacial score (nSPS) is 22.9. The van der Waals surface area contributed by atoms with Crippen LogP contribution in [-0.2, 0) is 4.74 Å². The van der Waals surface area contributed by atoms with Crippen molar-refractivity contribution >= 4 is 22.9 Å². The number of piperidine rings is 1. The smallest absolute Gasteiger partial charge is 0.245 e. The zero-order valence-electron chi connectivity index (χ0n) is 11.8. The Morgan fingerprint density at radius 3 is 2.62 bits per heavy atom. The molecule has 2 saturated heterocycles. The van der Waals surface area contributed by atoms with Crippen LogP contribution in [0, 0.1) is 0 Å². The monoisotopic (exact) mass is 290 g/mol. The molecule has 1 unspecified atom stereocenters. The Bertz CT molecular complexity index is 618. The number of aromatic nitrogens is 4. The van der Waals surface area contributed by atoms with E-state index in [0.29, 0.717) is 17.9 Å². The van der Waals surface area contributed by atoms with E-state index in [2.05, 4.69) is 30.5 Å². The number of anilines is 2. The van der Waals surface area contributed by atoms with Crippen LogP contribution in [0.2, 0.25) is 0 Å². The molecule has 21 heavy (non-hydrogen) atoms. The van der Waals surface area contributed by atoms with Crippen molar-refractivity contribution in [1.29, 1.82) is 0 Å². The molecule has 0 bridgehead atoms. The Morgan fingerprint density at radius 2 is 1.86 bits per heavy atom. The van der Waals surface area contributed by atoms with E-state index in [1.807, 2.05) is 0 Å². The van der Waals surface area contributed by atoms with E-state index in [4.69, 9.17) is 9.37 Å². The number of ether oxygens (including phenoxy) is 1. The van der Waals surface area contributed by atoms with E-state index >= 15 is 0 Å². The fourth-order valence-corrected chi connectivity index (χ4v) is 2.89. The lowest BCUT2D eigenvalue weighted by Crippen LogP contribution is -2.32. The number of hydrogen-bond acceptors (Lipinski definition) is 8. The van der Waals surface area contributed by atoms with Gasteiger partial charge in [0.15, 0.2) is 11.6 Å². The van der Waals surface area contributed by atoms with E-state index in [1.54, 1.807) is 0 Å². The Morgan fingerprint density at radius 1 is 1.05 bits per heavy atom. The maximum absolute atomic E-state index is 5.42. The number of hydrogen-bond donors (Lipinski definition) is 1. The van der Waals surface area contributed by atoms with E-state index in [1.165, 1.54) is 19.3 Å². The third-order valence-corrected chi connectivity index (χ3v) is 4.02. The predicted octanol–water partition coefficient (Wildman–Crippen LogP) is 1.20. The predicted molar refractivity (Wildman–Crippen MR) is 76.3 cm³/mol. The van der Waals surface area contributed by atoms with E-state index in [0.717, 1.165) is 37.8 Å². The Kier molecular flexibility index (Phi) is 3.30. The van der Waals surface area contributed by atoms with Gasteiger partial charge in [-0.15, -0.1) is 0 Å². The highest BCUT2D eigenvalue weighted by molar-refractivity contribution is 5.74. The molecular formula is C13H18N6O2. The molecule has 2 fully saturated rings. The summed E-state index contributed by atoms with van der Waals surface area (Å²) in [6.07, 6.45) is 4.62. The van der Waals surface area contributed by atoms with Gasteiger partial charge in [0.1, 0.15) is 0 Å². The van der Waals surface area contributed by atoms with E-state index < -0.39 is 0 Å². The second-order valence-electron chi connectivity index (χ2n) is 5.56. The summed E-state index contributed by atoms with van der Waals surface area (Å²) in [6.45, 7) is 3.50. The van der Waals surface area contributed by atoms with Gasteiger partial charge in [0.25, 0.3) is 0 Å². The van der Waals surface area contributed by atoms with E-state index in [-0.39, 0.29) is 6.04 Å². The lowest BCUT2D eigenvalue weighted by molar-refractivity contribution is 0.195. The van der Waals surface area contributed by atoms with Gasteiger partial charge in [-0.2, -0.15) is 0 Å². The number of rotatable bonds is 3. The highest BCUT2D eigenvalue weighted by Crippen LogP contribution is 2.27. The molecule has 4 heterocycles. The van der Waals surface area contributed by atoms with Crippen LogP contribution in [0.3, 0.4) is 0 Å². The Balaban J connectivity index is 1.69. The summed E-state index contributed by atoms with van der Waals surface area (Å²) < 4.78 is 10.2. The first-order valence-electron chi connectivity index (χ1n) is 7.50. The summed E-state index contributed by atoms with van der Waals surface area (Å²) in [6, 6.07) is 0.278. The van der Waals surface area contributed by atoms with Crippen LogP contribution in [0.25, 0.3) is 11.3 Å². The third-order valence-electron chi connectivity index (χ3n) is 4.02. The van der Waals surface area contributed by atoms with Crippen LogP contribution in [-0.4, -0.2) is 52.6 Å². The highest BCUT2D eigenvalue weighted by atomic mass is 16.6. The topological polar surface area (TPSA) is 89.2 Å². The molecule has 4 rings (SSSR count). The fourth-order valence-electron chi connectivity index (χ4n) is 2.89. The van der Waals surface area contributed by atoms with E-state index in [9.17, 15) is 0 Å². The minimum Gasteiger partial charge on any atom is -0.379 e. The summed E-state index contributed by atoms with van der Waals surface area (Å²) in [5, 5.41) is 11.0. The first-order chi connectivity index (χ1) is 10.4. The lowest BCUT2D eigenvalue weighted by atomic mass is 10.1. The second kappa shape index (κ2) is 5.44. The number of fused-ring (bicyclic) bond motifs is 1. The van der Waals surface area contributed by atoms with Crippen LogP contribution >= 0.6 is 0 Å². The zero-order chi connectivity index (χ0) is 14.1. The van der Waals surface area contributed by atoms with Gasteiger partial charge in [-0.1, -0.05) is 0 Å². The molecule has 0 saturated carbocycles. The Labute approximate surface area is 121 Å². The molecule has 1 atom stereocenters. The first-order valence-corrected chi connectivity index (χ1v) is 7.50. The van der Waals surface area contributed by atoms with Crippen molar-refractivity contribution in [1.82, 2.24) is 20.3 Å². The highest BCUT2D eigenvalue weighted by Gasteiger charge is 2.23. The molecule has 8 nitrogen and oxygen atoms in total. The zero-order valence-corrected chi connectivity index (χ0v) is 11.8. The van der Waals surface area contributed by atoms with Gasteiger partial charge < -0.3 is 15.0 Å². The number of nitrogens with one attached hydrogen (secondary N) is 1. The number of nitrogens with zero attached hydrogens (tertiary/aromatic N) is 5. The molecular weight excluding hydrogens is 272 g/mol. The summed E-state index contributed by atoms with van der Waals surface area (Å²) >= 11 is 0. The third kappa shape index (κ3) is 2.51. The van der Waals surface area contributed by atoms with Crippen LogP contribution < -0.4 is 10.2 Å². The molecule has 0 amide bonds. The molecule has 0 aromatic carbocycles. The molecule has 2 aliphatic rings. The molecule has 2 aliphatic heterocycles. The van der Waals surface area contributed by atoms with Crippen LogP contribution in [0.1, 0.15) is 25.7 Å². The average Bonchev–Trinajstić information content (AvgIpc) is 3.18. The second-order valence-corrected chi connectivity index (χ2v) is 5.56. The van der Waals surface area contributed by atoms with Crippen molar-refractivity contribution in [2.24, 2.45) is 0 Å². The summed E-state index contributed by atoms with van der Waals surface area (Å²) in [7, 11) is 0. The van der Waals surface area contributed by atoms with Gasteiger partial charge in [0, 0.05) is 19.7 Å². The lowest BCUT2D eigenvalue weighted by Gasteiger charge is -2.29. The van der Waals surface area contributed by atoms with Crippen molar-refractivity contribution in [3.05, 3.63) is 0 Å². The minimum absolute atomic E-state index is 0.278. The fraction of sp³-hybridized carbons (Fsp3) is 0.692. The summed E-state index contributed by atoms with van der Waals surface area (Å²) in [4.78, 5) is 11.4. The Hall–Kier alpha value is -1.96. The average molecular weight is 290 g/mol. The van der Waals surface area contributed by atoms with Crippen molar-refractivity contribution in [2.45, 2.75) is 31.7 Å². The summed E-state index contributed by atoms with van der Waals surface area (Å²) in [5.74, 6) is 1.61. The summed E-state index contributed by atoms with van der Waals surface area (Å²) in [5.41, 5.74) is 0.904. The molecule has 0 radical (unpaired) electrons. The van der Waals surface area contributed by atoms with Gasteiger partial charge >= 0.3 is 0 Å². The van der Waals surface area contributed by atoms with Gasteiger partial charge in [0.05, 0.1) is 12.6 Å². The standard InChI is InChI=1S/C13H18N6O2/c1-2-5-19(6-3-1)13-12(14-9-4-7-20-8-9)15-10-11(16-13)18-21-17-10/h9H,1-8H2,(H,14,15,17). The largest absolute Gasteiger partial charge is 0.379 e. The molecule has 0 aliphatic carbocycles. The maximum Gasteiger partial charge on any atom is 0.245 e. The van der Waals surface area contributed by atoms with Crippen molar-refractivity contribution in [3.63, 3.8) is 0 Å². The molecule has 8 heteroatoms. The SMILES string of the molecule is C1CCN(c2nc3nonc3nc2NC2CCOC2)CC1. The minimum atomic E-state index is 0.278. The molecule has 2 aromatic rings. The molecule has 0 spiro atoms. The molecule has 2 aromatic heterocycles. The van der Waals surface area contributed by atoms with Crippen molar-refractivity contribution < 1.29 is 9.37 Å². The van der Waals surface area contributed by atoms with Crippen molar-refractivity contribution in [2.75, 3.05) is 36.5 Å². The first kappa shape index (κ1) is 12.8. The van der Waals surface area contributed by atoms with Gasteiger partial charge in [0.2, 0.25) is 11.3 Å². The van der Waals surface area contributed by atoms with Gasteiger partial charge in [-0.25, -0.2) is 14.6 Å². The maximum atomic E-state index is 5.42.